The first kappa shape index (κ1) is 19.4. The van der Waals surface area contributed by atoms with Gasteiger partial charge in [0.1, 0.15) is 19.0 Å². The number of rotatable bonds is 7. The van der Waals surface area contributed by atoms with Gasteiger partial charge in [-0.15, -0.1) is 0 Å². The van der Waals surface area contributed by atoms with Crippen molar-refractivity contribution in [2.75, 3.05) is 27.3 Å². The normalized spacial score (nSPS) is 11.4. The topological polar surface area (TPSA) is 72.9 Å². The van der Waals surface area contributed by atoms with E-state index in [0.29, 0.717) is 5.75 Å². The second kappa shape index (κ2) is 8.46. The molecule has 0 saturated heterocycles. The van der Waals surface area contributed by atoms with E-state index in [1.165, 1.54) is 38.4 Å². The van der Waals surface area contributed by atoms with Crippen molar-refractivity contribution in [2.45, 2.75) is 4.90 Å². The highest BCUT2D eigenvalue weighted by atomic mass is 79.9. The lowest BCUT2D eigenvalue weighted by Crippen LogP contribution is -2.22. The van der Waals surface area contributed by atoms with Crippen molar-refractivity contribution < 1.29 is 22.7 Å². The molecule has 0 heterocycles. The van der Waals surface area contributed by atoms with E-state index in [9.17, 15) is 13.2 Å². The first-order chi connectivity index (χ1) is 11.8. The monoisotopic (exact) mass is 427 g/mol. The highest BCUT2D eigenvalue weighted by Gasteiger charge is 2.19. The maximum atomic E-state index is 12.1. The van der Waals surface area contributed by atoms with Gasteiger partial charge in [-0.05, 0) is 36.4 Å². The molecule has 134 valence electrons. The van der Waals surface area contributed by atoms with E-state index in [0.717, 1.165) is 8.78 Å². The van der Waals surface area contributed by atoms with Crippen LogP contribution in [0.5, 0.6) is 5.75 Å². The zero-order valence-electron chi connectivity index (χ0n) is 13.8. The molecular formula is C17H18BrNO5S. The standard InChI is InChI=1S/C17H18BrNO5S/c1-19(2)25(21,22)16-8-3-5-13(11-16)17(20)24-10-9-23-15-7-4-6-14(18)12-15/h3-8,11-12H,9-10H2,1-2H3. The number of nitrogens with zero attached hydrogens (tertiary/aromatic N) is 1. The molecule has 0 aliphatic carbocycles. The van der Waals surface area contributed by atoms with Gasteiger partial charge >= 0.3 is 5.97 Å². The minimum absolute atomic E-state index is 0.0392. The summed E-state index contributed by atoms with van der Waals surface area (Å²) in [6.07, 6.45) is 0. The Bertz CT molecular complexity index is 852. The molecule has 2 aromatic rings. The Kier molecular flexibility index (Phi) is 6.57. The summed E-state index contributed by atoms with van der Waals surface area (Å²) in [6.45, 7) is 0.244. The molecule has 2 rings (SSSR count). The summed E-state index contributed by atoms with van der Waals surface area (Å²) in [5.41, 5.74) is 0.172. The third kappa shape index (κ3) is 5.29. The highest BCUT2D eigenvalue weighted by Crippen LogP contribution is 2.18. The molecule has 0 aliphatic rings. The van der Waals surface area contributed by atoms with E-state index >= 15 is 0 Å². The van der Waals surface area contributed by atoms with Gasteiger partial charge in [0.25, 0.3) is 0 Å². The summed E-state index contributed by atoms with van der Waals surface area (Å²) >= 11 is 3.34. The average molecular weight is 428 g/mol. The van der Waals surface area contributed by atoms with Gasteiger partial charge in [-0.1, -0.05) is 28.1 Å². The van der Waals surface area contributed by atoms with Crippen LogP contribution in [0.15, 0.2) is 57.9 Å². The second-order valence-corrected chi connectivity index (χ2v) is 8.32. The second-order valence-electron chi connectivity index (χ2n) is 5.26. The van der Waals surface area contributed by atoms with Crippen molar-refractivity contribution in [1.29, 1.82) is 0 Å². The van der Waals surface area contributed by atoms with E-state index in [1.54, 1.807) is 12.1 Å². The van der Waals surface area contributed by atoms with Gasteiger partial charge in [-0.2, -0.15) is 0 Å². The van der Waals surface area contributed by atoms with Crippen LogP contribution in [-0.4, -0.2) is 46.0 Å². The third-order valence-electron chi connectivity index (χ3n) is 3.23. The lowest BCUT2D eigenvalue weighted by Gasteiger charge is -2.12. The number of carbonyl (C=O) groups is 1. The fourth-order valence-electron chi connectivity index (χ4n) is 1.93. The molecule has 0 aliphatic heterocycles. The van der Waals surface area contributed by atoms with Crippen LogP contribution in [0.4, 0.5) is 0 Å². The minimum atomic E-state index is -3.60. The van der Waals surface area contributed by atoms with Crippen molar-refractivity contribution in [3.05, 3.63) is 58.6 Å². The van der Waals surface area contributed by atoms with Gasteiger partial charge in [0.15, 0.2) is 0 Å². The fraction of sp³-hybridized carbons (Fsp3) is 0.235. The Hall–Kier alpha value is -1.90. The predicted octanol–water partition coefficient (Wildman–Crippen LogP) is 2.94. The molecule has 0 bridgehead atoms. The Balaban J connectivity index is 1.93. The molecule has 0 spiro atoms. The largest absolute Gasteiger partial charge is 0.490 e. The van der Waals surface area contributed by atoms with Crippen molar-refractivity contribution in [3.63, 3.8) is 0 Å². The van der Waals surface area contributed by atoms with Crippen LogP contribution < -0.4 is 4.74 Å². The summed E-state index contributed by atoms with van der Waals surface area (Å²) in [6, 6.07) is 13.1. The number of benzene rings is 2. The van der Waals surface area contributed by atoms with Crippen LogP contribution in [0, 0.1) is 0 Å². The summed E-state index contributed by atoms with van der Waals surface area (Å²) < 4.78 is 36.8. The van der Waals surface area contributed by atoms with Crippen LogP contribution in [-0.2, 0) is 14.8 Å². The van der Waals surface area contributed by atoms with E-state index in [1.807, 2.05) is 12.1 Å². The smallest absolute Gasteiger partial charge is 0.338 e. The fourth-order valence-corrected chi connectivity index (χ4v) is 3.25. The van der Waals surface area contributed by atoms with Crippen molar-refractivity contribution in [1.82, 2.24) is 4.31 Å². The lowest BCUT2D eigenvalue weighted by atomic mass is 10.2. The predicted molar refractivity (Wildman–Crippen MR) is 97.2 cm³/mol. The van der Waals surface area contributed by atoms with Crippen LogP contribution in [0.2, 0.25) is 0 Å². The van der Waals surface area contributed by atoms with E-state index in [2.05, 4.69) is 15.9 Å². The molecule has 0 unspecified atom stereocenters. The zero-order valence-corrected chi connectivity index (χ0v) is 16.2. The highest BCUT2D eigenvalue weighted by molar-refractivity contribution is 9.10. The number of hydrogen-bond acceptors (Lipinski definition) is 5. The van der Waals surface area contributed by atoms with Gasteiger partial charge in [-0.25, -0.2) is 17.5 Å². The van der Waals surface area contributed by atoms with Crippen molar-refractivity contribution in [2.24, 2.45) is 0 Å². The molecule has 0 radical (unpaired) electrons. The van der Waals surface area contributed by atoms with Gasteiger partial charge in [0, 0.05) is 18.6 Å². The molecule has 0 N–H and O–H groups in total. The zero-order chi connectivity index (χ0) is 18.4. The lowest BCUT2D eigenvalue weighted by molar-refractivity contribution is 0.0450. The Morgan fingerprint density at radius 3 is 2.48 bits per heavy atom. The number of ether oxygens (including phenoxy) is 2. The number of sulfonamides is 1. The van der Waals surface area contributed by atoms with E-state index in [4.69, 9.17) is 9.47 Å². The Morgan fingerprint density at radius 2 is 1.80 bits per heavy atom. The summed E-state index contributed by atoms with van der Waals surface area (Å²) in [5.74, 6) is 0.0538. The molecule has 2 aromatic carbocycles. The first-order valence-corrected chi connectivity index (χ1v) is 9.62. The number of carbonyl (C=O) groups excluding carboxylic acids is 1. The summed E-state index contributed by atoms with van der Waals surface area (Å²) in [4.78, 5) is 12.1. The van der Waals surface area contributed by atoms with Gasteiger partial charge < -0.3 is 9.47 Å². The molecule has 0 fully saturated rings. The molecule has 25 heavy (non-hydrogen) atoms. The molecular weight excluding hydrogens is 410 g/mol. The minimum Gasteiger partial charge on any atom is -0.490 e. The Labute approximate surface area is 155 Å². The van der Waals surface area contributed by atoms with Crippen LogP contribution in [0.25, 0.3) is 0 Å². The average Bonchev–Trinajstić information content (AvgIpc) is 2.58. The van der Waals surface area contributed by atoms with Gasteiger partial charge in [-0.3, -0.25) is 0 Å². The van der Waals surface area contributed by atoms with Crippen LogP contribution in [0.1, 0.15) is 10.4 Å². The molecule has 0 saturated carbocycles. The SMILES string of the molecule is CN(C)S(=O)(=O)c1cccc(C(=O)OCCOc2cccc(Br)c2)c1. The van der Waals surface area contributed by atoms with Crippen LogP contribution >= 0.6 is 15.9 Å². The van der Waals surface area contributed by atoms with Gasteiger partial charge in [0.2, 0.25) is 10.0 Å². The maximum absolute atomic E-state index is 12.1. The molecule has 6 nitrogen and oxygen atoms in total. The van der Waals surface area contributed by atoms with Gasteiger partial charge in [0.05, 0.1) is 10.5 Å². The quantitative estimate of drug-likeness (QED) is 0.501. The maximum Gasteiger partial charge on any atom is 0.338 e. The van der Waals surface area contributed by atoms with Crippen molar-refractivity contribution >= 4 is 31.9 Å². The summed E-state index contributed by atoms with van der Waals surface area (Å²) in [7, 11) is -0.741. The molecule has 0 amide bonds. The van der Waals surface area contributed by atoms with E-state index < -0.39 is 16.0 Å². The molecule has 0 atom stereocenters. The number of hydrogen-bond donors (Lipinski definition) is 0. The molecule has 0 aromatic heterocycles. The van der Waals surface area contributed by atoms with Crippen LogP contribution in [0.3, 0.4) is 0 Å². The third-order valence-corrected chi connectivity index (χ3v) is 5.53. The number of halogens is 1. The number of esters is 1. The first-order valence-electron chi connectivity index (χ1n) is 7.39. The molecule has 8 heteroatoms. The van der Waals surface area contributed by atoms with E-state index in [-0.39, 0.29) is 23.7 Å². The summed E-state index contributed by atoms with van der Waals surface area (Å²) in [5, 5.41) is 0. The van der Waals surface area contributed by atoms with Crippen molar-refractivity contribution in [3.8, 4) is 5.75 Å². The Morgan fingerprint density at radius 1 is 1.08 bits per heavy atom.